The number of aliphatic hydroxyl groups excluding tert-OH is 2. The lowest BCUT2D eigenvalue weighted by Gasteiger charge is -2.42. The lowest BCUT2D eigenvalue weighted by molar-refractivity contribution is -0.265. The molecule has 4 rings (SSSR count). The molecule has 1 aliphatic carbocycles. The SMILES string of the molecule is CCOCCOCCOCCCC(=O)O[C@@H]1CC[C@@H](C[C@@H](C)[C@@H](O)C[C@H]2OC(=O)[C@@H]3CCCCN3C(=O)C(=O)[C@]3(O)O[C@@H](CC[C@H]3C)C[C@H](OC)/C(C)=C/C=C/C=C/[C@@H](C)C[C@@H](C)C(=O)[C@H](OC)[C@H](O)/C(C)=C/[C@H]2C)C[C@H]1OC. The van der Waals surface area contributed by atoms with Crippen molar-refractivity contribution < 1.29 is 81.9 Å². The van der Waals surface area contributed by atoms with Gasteiger partial charge in [0.1, 0.15) is 30.5 Å². The topological polar surface area (TPSA) is 232 Å². The minimum Gasteiger partial charge on any atom is -0.460 e. The van der Waals surface area contributed by atoms with E-state index in [1.807, 2.05) is 65.0 Å². The first-order chi connectivity index (χ1) is 37.7. The number of nitrogens with zero attached hydrogens (tertiary/aromatic N) is 1. The van der Waals surface area contributed by atoms with Gasteiger partial charge in [0.25, 0.3) is 11.7 Å². The van der Waals surface area contributed by atoms with Gasteiger partial charge in [0.05, 0.1) is 50.8 Å². The molecule has 1 amide bonds. The minimum atomic E-state index is -2.45. The number of piperidine rings is 1. The van der Waals surface area contributed by atoms with Crippen molar-refractivity contribution >= 4 is 29.4 Å². The summed E-state index contributed by atoms with van der Waals surface area (Å²) >= 11 is 0. The summed E-state index contributed by atoms with van der Waals surface area (Å²) in [6, 6.07) is -1.18. The molecule has 0 unspecified atom stereocenters. The Hall–Kier alpha value is -3.69. The van der Waals surface area contributed by atoms with Gasteiger partial charge in [-0.2, -0.15) is 0 Å². The van der Waals surface area contributed by atoms with Crippen LogP contribution in [0, 0.1) is 35.5 Å². The van der Waals surface area contributed by atoms with Crippen molar-refractivity contribution in [1.29, 1.82) is 0 Å². The van der Waals surface area contributed by atoms with E-state index in [-0.39, 0.29) is 61.4 Å². The first-order valence-electron chi connectivity index (χ1n) is 29.3. The van der Waals surface area contributed by atoms with Gasteiger partial charge >= 0.3 is 11.9 Å². The number of rotatable bonds is 20. The van der Waals surface area contributed by atoms with Crippen molar-refractivity contribution in [2.45, 2.75) is 206 Å². The molecule has 4 aliphatic rings. The van der Waals surface area contributed by atoms with Gasteiger partial charge in [0.2, 0.25) is 5.79 Å². The smallest absolute Gasteiger partial charge is 0.329 e. The van der Waals surface area contributed by atoms with E-state index < -0.39 is 90.0 Å². The van der Waals surface area contributed by atoms with Crippen LogP contribution in [0.1, 0.15) is 145 Å². The summed E-state index contributed by atoms with van der Waals surface area (Å²) in [6.45, 7) is 17.8. The van der Waals surface area contributed by atoms with E-state index in [1.165, 1.54) is 12.0 Å². The molecule has 3 aliphatic heterocycles. The maximum atomic E-state index is 14.6. The summed E-state index contributed by atoms with van der Waals surface area (Å²) in [7, 11) is 4.56. The van der Waals surface area contributed by atoms with Gasteiger partial charge in [0, 0.05) is 78.1 Å². The highest BCUT2D eigenvalue weighted by molar-refractivity contribution is 6.39. The minimum absolute atomic E-state index is 0.00817. The van der Waals surface area contributed by atoms with Gasteiger partial charge in [-0.3, -0.25) is 19.2 Å². The van der Waals surface area contributed by atoms with E-state index in [9.17, 15) is 39.3 Å². The number of aliphatic hydroxyl groups is 3. The molecule has 0 spiro atoms. The van der Waals surface area contributed by atoms with E-state index in [1.54, 1.807) is 41.1 Å². The molecule has 18 heteroatoms. The summed E-state index contributed by atoms with van der Waals surface area (Å²) in [6.07, 6.45) is 11.2. The maximum Gasteiger partial charge on any atom is 0.329 e. The Kier molecular flexibility index (Phi) is 29.8. The summed E-state index contributed by atoms with van der Waals surface area (Å²) < 4.78 is 52.1. The van der Waals surface area contributed by atoms with Gasteiger partial charge in [-0.1, -0.05) is 71.1 Å². The summed E-state index contributed by atoms with van der Waals surface area (Å²) in [5, 5.41) is 35.8. The average molecular weight is 1120 g/mol. The molecule has 79 heavy (non-hydrogen) atoms. The van der Waals surface area contributed by atoms with Crippen LogP contribution >= 0.6 is 0 Å². The first-order valence-corrected chi connectivity index (χ1v) is 29.3. The van der Waals surface area contributed by atoms with Crippen molar-refractivity contribution in [2.75, 3.05) is 67.5 Å². The Labute approximate surface area is 471 Å². The van der Waals surface area contributed by atoms with Crippen LogP contribution in [-0.4, -0.2) is 178 Å². The zero-order valence-electron chi connectivity index (χ0n) is 49.5. The molecule has 3 fully saturated rings. The van der Waals surface area contributed by atoms with Crippen LogP contribution in [0.2, 0.25) is 0 Å². The Morgan fingerprint density at radius 1 is 0.810 bits per heavy atom. The average Bonchev–Trinajstić information content (AvgIpc) is 3.51. The maximum absolute atomic E-state index is 14.6. The molecule has 18 nitrogen and oxygen atoms in total. The third kappa shape index (κ3) is 20.9. The van der Waals surface area contributed by atoms with E-state index in [4.69, 9.17) is 42.6 Å². The summed E-state index contributed by atoms with van der Waals surface area (Å²) in [4.78, 5) is 71.3. The van der Waals surface area contributed by atoms with E-state index in [0.29, 0.717) is 109 Å². The van der Waals surface area contributed by atoms with Gasteiger partial charge in [-0.25, -0.2) is 4.79 Å². The Morgan fingerprint density at radius 3 is 2.20 bits per heavy atom. The van der Waals surface area contributed by atoms with Crippen LogP contribution in [0.3, 0.4) is 0 Å². The number of fused-ring (bicyclic) bond motifs is 3. The Balaban J connectivity index is 1.55. The van der Waals surface area contributed by atoms with E-state index in [0.717, 1.165) is 12.0 Å². The lowest BCUT2D eigenvalue weighted by atomic mass is 9.78. The number of cyclic esters (lactones) is 1. The van der Waals surface area contributed by atoms with Crippen molar-refractivity contribution in [3.8, 4) is 0 Å². The highest BCUT2D eigenvalue weighted by atomic mass is 16.6. The van der Waals surface area contributed by atoms with Crippen LogP contribution in [-0.2, 0) is 66.6 Å². The van der Waals surface area contributed by atoms with Gasteiger partial charge in [0.15, 0.2) is 5.78 Å². The van der Waals surface area contributed by atoms with Gasteiger partial charge in [-0.05, 0) is 120 Å². The van der Waals surface area contributed by atoms with E-state index in [2.05, 4.69) is 0 Å². The Morgan fingerprint density at radius 2 is 1.52 bits per heavy atom. The standard InChI is InChI=1S/C61H99NO17/c1-12-74-29-30-76-32-31-75-28-18-22-54(64)77-50-26-24-46(36-53(50)72-10)35-41(4)49(63)38-52-42(5)34-44(7)56(66)57(73-11)55(65)43(6)33-39(2)19-14-13-15-20-40(3)51(71-9)37-47-25-23-45(8)61(70,79-47)58(67)59(68)62-27-17-16-21-48(62)60(69)78-52/h13-15,19-20,34,39,41-43,45-53,56-57,63,66,70H,12,16-18,21-33,35-38H2,1-11H3/b15-13+,19-14+,40-20+,44-34+/t39-,41-,42-,43-,45-,46+,47+,48+,49+,50-,51+,52-,53-,56-,57+,61-/m1/s1. The van der Waals surface area contributed by atoms with Crippen molar-refractivity contribution in [3.05, 3.63) is 47.6 Å². The molecule has 2 bridgehead atoms. The molecule has 0 aromatic heterocycles. The van der Waals surface area contributed by atoms with Gasteiger partial charge in [-0.15, -0.1) is 0 Å². The second-order valence-electron chi connectivity index (χ2n) is 22.8. The number of esters is 2. The van der Waals surface area contributed by atoms with Crippen LogP contribution in [0.15, 0.2) is 47.6 Å². The second kappa shape index (κ2) is 34.7. The molecule has 0 aromatic carbocycles. The highest BCUT2D eigenvalue weighted by Gasteiger charge is 2.53. The molecule has 0 aromatic rings. The van der Waals surface area contributed by atoms with Crippen LogP contribution in [0.25, 0.3) is 0 Å². The molecule has 3 N–H and O–H groups in total. The number of amides is 1. The molecule has 450 valence electrons. The third-order valence-electron chi connectivity index (χ3n) is 16.5. The Bertz CT molecular complexity index is 2020. The molecule has 2 saturated heterocycles. The first kappa shape index (κ1) is 67.8. The van der Waals surface area contributed by atoms with Gasteiger partial charge < -0.3 is 62.9 Å². The third-order valence-corrected chi connectivity index (χ3v) is 16.5. The summed E-state index contributed by atoms with van der Waals surface area (Å²) in [5.41, 5.74) is 1.28. The highest BCUT2D eigenvalue weighted by Crippen LogP contribution is 2.38. The fraction of sp³-hybridized carbons (Fsp3) is 0.787. The zero-order chi connectivity index (χ0) is 58.2. The molecule has 1 saturated carbocycles. The summed E-state index contributed by atoms with van der Waals surface area (Å²) in [5.74, 6) is -7.99. The predicted molar refractivity (Wildman–Crippen MR) is 297 cm³/mol. The number of ether oxygens (including phenoxy) is 9. The molecule has 0 radical (unpaired) electrons. The normalized spacial score (nSPS) is 35.4. The monoisotopic (exact) mass is 1120 g/mol. The lowest BCUT2D eigenvalue weighted by Crippen LogP contribution is -2.61. The number of carbonyl (C=O) groups is 5. The fourth-order valence-corrected chi connectivity index (χ4v) is 11.5. The molecular formula is C61H99NO17. The predicted octanol–water partition coefficient (Wildman–Crippen LogP) is 7.37. The number of hydrogen-bond donors (Lipinski definition) is 3. The quantitative estimate of drug-likeness (QED) is 0.0467. The number of Topliss-reactive ketones (excluding diaryl/α,β-unsaturated/α-hetero) is 2. The fourth-order valence-electron chi connectivity index (χ4n) is 11.5. The zero-order valence-corrected chi connectivity index (χ0v) is 49.5. The molecular weight excluding hydrogens is 1020 g/mol. The number of allylic oxidation sites excluding steroid dienone is 5. The number of ketones is 2. The number of carbonyl (C=O) groups excluding carboxylic acids is 5. The van der Waals surface area contributed by atoms with Crippen molar-refractivity contribution in [1.82, 2.24) is 4.90 Å². The van der Waals surface area contributed by atoms with Crippen molar-refractivity contribution in [3.63, 3.8) is 0 Å². The van der Waals surface area contributed by atoms with E-state index >= 15 is 0 Å². The molecule has 3 heterocycles. The van der Waals surface area contributed by atoms with Crippen molar-refractivity contribution in [2.24, 2.45) is 35.5 Å². The van der Waals surface area contributed by atoms with Crippen LogP contribution in [0.4, 0.5) is 0 Å². The largest absolute Gasteiger partial charge is 0.460 e. The molecule has 16 atom stereocenters. The van der Waals surface area contributed by atoms with Crippen LogP contribution < -0.4 is 0 Å². The van der Waals surface area contributed by atoms with Crippen LogP contribution in [0.5, 0.6) is 0 Å². The number of hydrogen-bond acceptors (Lipinski definition) is 17. The second-order valence-corrected chi connectivity index (χ2v) is 22.8. The number of methoxy groups -OCH3 is 3.